The number of rotatable bonds is 4. The van der Waals surface area contributed by atoms with E-state index in [-0.39, 0.29) is 0 Å². The smallest absolute Gasteiger partial charge is 0.119 e. The molecule has 0 saturated carbocycles. The van der Waals surface area contributed by atoms with Gasteiger partial charge in [0.05, 0.1) is 0 Å². The van der Waals surface area contributed by atoms with E-state index in [1.54, 1.807) is 0 Å². The first-order chi connectivity index (χ1) is 8.28. The molecular weight excluding hydrogens is 228 g/mol. The van der Waals surface area contributed by atoms with Gasteiger partial charge in [0, 0.05) is 4.90 Å². The average molecular weight is 244 g/mol. The third kappa shape index (κ3) is 3.53. The van der Waals surface area contributed by atoms with E-state index in [2.05, 4.69) is 43.8 Å². The second kappa shape index (κ2) is 5.78. The van der Waals surface area contributed by atoms with Gasteiger partial charge in [-0.15, -0.1) is 12.6 Å². The molecule has 17 heavy (non-hydrogen) atoms. The maximum Gasteiger partial charge on any atom is 0.119 e. The molecular formula is C15H16OS. The second-order valence-electron chi connectivity index (χ2n) is 3.95. The summed E-state index contributed by atoms with van der Waals surface area (Å²) in [5, 5.41) is 0. The minimum Gasteiger partial charge on any atom is -0.489 e. The van der Waals surface area contributed by atoms with Gasteiger partial charge < -0.3 is 4.74 Å². The van der Waals surface area contributed by atoms with Crippen LogP contribution in [0, 0.1) is 0 Å². The van der Waals surface area contributed by atoms with Crippen LogP contribution in [0.2, 0.25) is 0 Å². The van der Waals surface area contributed by atoms with Crippen LogP contribution in [0.1, 0.15) is 18.1 Å². The maximum atomic E-state index is 5.69. The molecule has 2 aromatic rings. The maximum absolute atomic E-state index is 5.69. The highest BCUT2D eigenvalue weighted by Gasteiger charge is 1.96. The Balaban J connectivity index is 1.95. The molecule has 1 nitrogen and oxygen atoms in total. The molecule has 0 spiro atoms. The number of hydrogen-bond acceptors (Lipinski definition) is 2. The van der Waals surface area contributed by atoms with Crippen molar-refractivity contribution in [2.45, 2.75) is 24.8 Å². The van der Waals surface area contributed by atoms with E-state index in [9.17, 15) is 0 Å². The summed E-state index contributed by atoms with van der Waals surface area (Å²) in [4.78, 5) is 0.949. The molecule has 0 radical (unpaired) electrons. The Morgan fingerprint density at radius 2 is 1.47 bits per heavy atom. The van der Waals surface area contributed by atoms with Gasteiger partial charge in [-0.25, -0.2) is 0 Å². The summed E-state index contributed by atoms with van der Waals surface area (Å²) < 4.78 is 5.69. The van der Waals surface area contributed by atoms with Crippen LogP contribution in [-0.4, -0.2) is 0 Å². The third-order valence-corrected chi connectivity index (χ3v) is 2.97. The van der Waals surface area contributed by atoms with Crippen LogP contribution < -0.4 is 4.74 Å². The van der Waals surface area contributed by atoms with Crippen LogP contribution in [0.3, 0.4) is 0 Å². The van der Waals surface area contributed by atoms with Crippen LogP contribution in [0.4, 0.5) is 0 Å². The fourth-order valence-corrected chi connectivity index (χ4v) is 1.73. The molecule has 0 fully saturated rings. The summed E-state index contributed by atoms with van der Waals surface area (Å²) in [7, 11) is 0. The van der Waals surface area contributed by atoms with Gasteiger partial charge in [-0.1, -0.05) is 31.2 Å². The monoisotopic (exact) mass is 244 g/mol. The molecule has 0 N–H and O–H groups in total. The van der Waals surface area contributed by atoms with Gasteiger partial charge in [0.1, 0.15) is 12.4 Å². The molecule has 88 valence electrons. The molecule has 0 aliphatic heterocycles. The third-order valence-electron chi connectivity index (χ3n) is 2.67. The second-order valence-corrected chi connectivity index (χ2v) is 4.47. The summed E-state index contributed by atoms with van der Waals surface area (Å²) >= 11 is 4.24. The van der Waals surface area contributed by atoms with Gasteiger partial charge in [-0.2, -0.15) is 0 Å². The predicted octanol–water partition coefficient (Wildman–Crippen LogP) is 4.12. The van der Waals surface area contributed by atoms with E-state index in [0.717, 1.165) is 17.1 Å². The lowest BCUT2D eigenvalue weighted by molar-refractivity contribution is 0.306. The van der Waals surface area contributed by atoms with E-state index in [1.807, 2.05) is 24.3 Å². The van der Waals surface area contributed by atoms with Crippen molar-refractivity contribution in [3.05, 3.63) is 59.7 Å². The van der Waals surface area contributed by atoms with Crippen molar-refractivity contribution >= 4 is 12.6 Å². The zero-order chi connectivity index (χ0) is 12.1. The largest absolute Gasteiger partial charge is 0.489 e. The highest BCUT2D eigenvalue weighted by Crippen LogP contribution is 2.16. The van der Waals surface area contributed by atoms with Crippen LogP contribution >= 0.6 is 12.6 Å². The van der Waals surface area contributed by atoms with Gasteiger partial charge in [0.2, 0.25) is 0 Å². The Bertz CT molecular complexity index is 459. The van der Waals surface area contributed by atoms with Crippen molar-refractivity contribution in [2.75, 3.05) is 0 Å². The summed E-state index contributed by atoms with van der Waals surface area (Å²) in [6.45, 7) is 2.76. The lowest BCUT2D eigenvalue weighted by Crippen LogP contribution is -1.95. The molecule has 2 aromatic carbocycles. The summed E-state index contributed by atoms with van der Waals surface area (Å²) in [6, 6.07) is 16.3. The van der Waals surface area contributed by atoms with E-state index in [0.29, 0.717) is 6.61 Å². The number of ether oxygens (including phenoxy) is 1. The Labute approximate surface area is 108 Å². The van der Waals surface area contributed by atoms with Gasteiger partial charge in [-0.3, -0.25) is 0 Å². The van der Waals surface area contributed by atoms with Crippen molar-refractivity contribution in [1.82, 2.24) is 0 Å². The quantitative estimate of drug-likeness (QED) is 0.796. The van der Waals surface area contributed by atoms with Crippen molar-refractivity contribution < 1.29 is 4.74 Å². The zero-order valence-electron chi connectivity index (χ0n) is 9.89. The number of hydrogen-bond donors (Lipinski definition) is 1. The lowest BCUT2D eigenvalue weighted by Gasteiger charge is -2.07. The molecule has 0 amide bonds. The first kappa shape index (κ1) is 12.1. The molecule has 0 atom stereocenters. The van der Waals surface area contributed by atoms with Crippen molar-refractivity contribution in [3.63, 3.8) is 0 Å². The summed E-state index contributed by atoms with van der Waals surface area (Å²) in [5.41, 5.74) is 2.55. The Morgan fingerprint density at radius 1 is 0.882 bits per heavy atom. The van der Waals surface area contributed by atoms with E-state index in [1.165, 1.54) is 11.1 Å². The number of thiol groups is 1. The molecule has 0 aliphatic carbocycles. The Kier molecular flexibility index (Phi) is 4.10. The molecule has 2 heteroatoms. The van der Waals surface area contributed by atoms with Gasteiger partial charge in [-0.05, 0) is 41.8 Å². The summed E-state index contributed by atoms with van der Waals surface area (Å²) in [6.07, 6.45) is 1.07. The highest BCUT2D eigenvalue weighted by molar-refractivity contribution is 7.80. The molecule has 2 rings (SSSR count). The molecule has 0 aromatic heterocycles. The predicted molar refractivity (Wildman–Crippen MR) is 73.8 cm³/mol. The van der Waals surface area contributed by atoms with Crippen LogP contribution in [0.25, 0.3) is 0 Å². The van der Waals surface area contributed by atoms with E-state index >= 15 is 0 Å². The molecule has 0 heterocycles. The minimum absolute atomic E-state index is 0.607. The van der Waals surface area contributed by atoms with Crippen LogP contribution in [0.5, 0.6) is 5.75 Å². The number of aryl methyl sites for hydroxylation is 1. The molecule has 0 saturated heterocycles. The minimum atomic E-state index is 0.607. The van der Waals surface area contributed by atoms with Gasteiger partial charge in [0.25, 0.3) is 0 Å². The molecule has 0 aliphatic rings. The van der Waals surface area contributed by atoms with Crippen LogP contribution in [-0.2, 0) is 13.0 Å². The lowest BCUT2D eigenvalue weighted by atomic mass is 10.1. The highest BCUT2D eigenvalue weighted by atomic mass is 32.1. The van der Waals surface area contributed by atoms with E-state index < -0.39 is 0 Å². The normalized spacial score (nSPS) is 10.2. The van der Waals surface area contributed by atoms with E-state index in [4.69, 9.17) is 4.74 Å². The molecule has 0 unspecified atom stereocenters. The van der Waals surface area contributed by atoms with Gasteiger partial charge >= 0.3 is 0 Å². The first-order valence-electron chi connectivity index (χ1n) is 5.77. The topological polar surface area (TPSA) is 9.23 Å². The Morgan fingerprint density at radius 3 is 2.06 bits per heavy atom. The number of benzene rings is 2. The fourth-order valence-electron chi connectivity index (χ4n) is 1.58. The Hall–Kier alpha value is -1.41. The average Bonchev–Trinajstić information content (AvgIpc) is 2.39. The SMILES string of the molecule is CCc1ccc(COc2ccc(S)cc2)cc1. The first-order valence-corrected chi connectivity index (χ1v) is 6.22. The van der Waals surface area contributed by atoms with Crippen molar-refractivity contribution in [3.8, 4) is 5.75 Å². The molecule has 0 bridgehead atoms. The van der Waals surface area contributed by atoms with Crippen molar-refractivity contribution in [2.24, 2.45) is 0 Å². The summed E-state index contributed by atoms with van der Waals surface area (Å²) in [5.74, 6) is 0.877. The van der Waals surface area contributed by atoms with Crippen molar-refractivity contribution in [1.29, 1.82) is 0 Å². The fraction of sp³-hybridized carbons (Fsp3) is 0.200. The standard InChI is InChI=1S/C15H16OS/c1-2-12-3-5-13(6-4-12)11-16-14-7-9-15(17)10-8-14/h3-10,17H,2,11H2,1H3. The zero-order valence-corrected chi connectivity index (χ0v) is 10.8. The van der Waals surface area contributed by atoms with Crippen LogP contribution in [0.15, 0.2) is 53.4 Å². The van der Waals surface area contributed by atoms with Gasteiger partial charge in [0.15, 0.2) is 0 Å².